The molecule has 0 aromatic heterocycles. The largest absolute Gasteiger partial charge is 0.497 e. The Morgan fingerprint density at radius 2 is 1.90 bits per heavy atom. The van der Waals surface area contributed by atoms with Gasteiger partial charge in [0.05, 0.1) is 16.5 Å². The molecule has 1 fully saturated rings. The smallest absolute Gasteiger partial charge is 0.126 e. The second-order valence-electron chi connectivity index (χ2n) is 5.84. The molecule has 0 amide bonds. The van der Waals surface area contributed by atoms with Gasteiger partial charge in [-0.2, -0.15) is 0 Å². The molecule has 20 heavy (non-hydrogen) atoms. The van der Waals surface area contributed by atoms with Crippen LogP contribution in [0.5, 0.6) is 5.75 Å². The first-order valence-corrected chi connectivity index (χ1v) is 8.09. The molecule has 2 aliphatic rings. The zero-order valence-electron chi connectivity index (χ0n) is 11.4. The fourth-order valence-electron chi connectivity index (χ4n) is 3.88. The summed E-state index contributed by atoms with van der Waals surface area (Å²) in [5.74, 6) is 2.57. The van der Waals surface area contributed by atoms with E-state index in [1.165, 1.54) is 35.6 Å². The highest BCUT2D eigenvalue weighted by Crippen LogP contribution is 2.49. The maximum atomic E-state index is 5.69. The molecule has 3 radical (unpaired) electrons. The zero-order valence-corrected chi connectivity index (χ0v) is 12.4. The van der Waals surface area contributed by atoms with Crippen molar-refractivity contribution in [3.05, 3.63) is 48.0 Å². The average molecular weight is 277 g/mol. The molecule has 2 aliphatic carbocycles. The van der Waals surface area contributed by atoms with Crippen molar-refractivity contribution in [1.29, 1.82) is 0 Å². The van der Waals surface area contributed by atoms with E-state index in [2.05, 4.69) is 52.7 Å². The summed E-state index contributed by atoms with van der Waals surface area (Å²) < 4.78 is 5.69. The van der Waals surface area contributed by atoms with Crippen LogP contribution in [-0.4, -0.2) is 16.5 Å². The van der Waals surface area contributed by atoms with E-state index in [9.17, 15) is 0 Å². The predicted octanol–water partition coefficient (Wildman–Crippen LogP) is 4.16. The Bertz CT molecular complexity index is 689. The lowest BCUT2D eigenvalue weighted by Crippen LogP contribution is -2.00. The van der Waals surface area contributed by atoms with Gasteiger partial charge in [0.25, 0.3) is 0 Å². The Morgan fingerprint density at radius 1 is 1.05 bits per heavy atom. The third-order valence-corrected chi connectivity index (χ3v) is 4.90. The van der Waals surface area contributed by atoms with Gasteiger partial charge >= 0.3 is 0 Å². The molecular formula is C18H17OSi. The number of allylic oxidation sites excluding steroid dienone is 2. The van der Waals surface area contributed by atoms with Crippen LogP contribution in [0.2, 0.25) is 0 Å². The van der Waals surface area contributed by atoms with Crippen molar-refractivity contribution in [2.45, 2.75) is 19.3 Å². The monoisotopic (exact) mass is 277 g/mol. The summed E-state index contributed by atoms with van der Waals surface area (Å²) in [6.07, 6.45) is 7.15. The van der Waals surface area contributed by atoms with Crippen molar-refractivity contribution in [2.24, 2.45) is 11.8 Å². The number of benzene rings is 2. The maximum Gasteiger partial charge on any atom is 0.126 e. The lowest BCUT2D eigenvalue weighted by Gasteiger charge is -2.17. The van der Waals surface area contributed by atoms with Crippen molar-refractivity contribution in [1.82, 2.24) is 0 Å². The predicted molar refractivity (Wildman–Crippen MR) is 84.0 cm³/mol. The molecule has 2 unspecified atom stereocenters. The van der Waals surface area contributed by atoms with Gasteiger partial charge in [-0.05, 0) is 53.7 Å². The Kier molecular flexibility index (Phi) is 2.92. The van der Waals surface area contributed by atoms with Crippen LogP contribution in [0.25, 0.3) is 16.3 Å². The van der Waals surface area contributed by atoms with Crippen LogP contribution in [-0.2, 0) is 0 Å². The molecule has 0 aliphatic heterocycles. The summed E-state index contributed by atoms with van der Waals surface area (Å²) in [5.41, 5.74) is 2.98. The van der Waals surface area contributed by atoms with Gasteiger partial charge in [-0.15, -0.1) is 0 Å². The van der Waals surface area contributed by atoms with E-state index in [1.54, 1.807) is 5.57 Å². The summed E-state index contributed by atoms with van der Waals surface area (Å²) in [6, 6.07) is 12.9. The van der Waals surface area contributed by atoms with Crippen LogP contribution in [0.15, 0.2) is 42.5 Å². The molecule has 0 N–H and O–H groups in total. The summed E-state index contributed by atoms with van der Waals surface area (Å²) >= 11 is 0. The van der Waals surface area contributed by atoms with Gasteiger partial charge in [0.2, 0.25) is 0 Å². The summed E-state index contributed by atoms with van der Waals surface area (Å²) in [7, 11) is 3.40. The van der Waals surface area contributed by atoms with E-state index in [1.807, 2.05) is 0 Å². The van der Waals surface area contributed by atoms with Crippen molar-refractivity contribution < 1.29 is 4.74 Å². The quantitative estimate of drug-likeness (QED) is 0.766. The first-order chi connectivity index (χ1) is 9.86. The number of fused-ring (bicyclic) bond motifs is 3. The van der Waals surface area contributed by atoms with Gasteiger partial charge in [0, 0.05) is 5.39 Å². The molecule has 4 rings (SSSR count). The molecule has 2 aromatic carbocycles. The minimum atomic E-state index is 0.525. The normalized spacial score (nSPS) is 24.1. The highest BCUT2D eigenvalue weighted by molar-refractivity contribution is 6.08. The third-order valence-electron chi connectivity index (χ3n) is 4.75. The Morgan fingerprint density at radius 3 is 2.60 bits per heavy atom. The van der Waals surface area contributed by atoms with Crippen molar-refractivity contribution in [3.63, 3.8) is 0 Å². The van der Waals surface area contributed by atoms with E-state index >= 15 is 0 Å². The first-order valence-electron chi connectivity index (χ1n) is 7.38. The average Bonchev–Trinajstić information content (AvgIpc) is 3.11. The highest BCUT2D eigenvalue weighted by atomic mass is 28.1. The second kappa shape index (κ2) is 4.78. The molecular weight excluding hydrogens is 260 g/mol. The molecule has 2 aromatic rings. The molecule has 0 saturated heterocycles. The molecule has 2 bridgehead atoms. The van der Waals surface area contributed by atoms with Crippen LogP contribution in [0.1, 0.15) is 24.8 Å². The molecule has 1 saturated carbocycles. The SMILES string of the molecule is [Si]COc1ccc(C2=CC3CCC2C3)c2ccccc12. The van der Waals surface area contributed by atoms with E-state index in [0.29, 0.717) is 6.23 Å². The van der Waals surface area contributed by atoms with Crippen LogP contribution in [0.4, 0.5) is 0 Å². The lowest BCUT2D eigenvalue weighted by atomic mass is 9.89. The van der Waals surface area contributed by atoms with Gasteiger partial charge < -0.3 is 4.74 Å². The van der Waals surface area contributed by atoms with Crippen molar-refractivity contribution >= 4 is 26.6 Å². The van der Waals surface area contributed by atoms with Crippen LogP contribution in [0, 0.1) is 11.8 Å². The van der Waals surface area contributed by atoms with Gasteiger partial charge in [-0.3, -0.25) is 0 Å². The minimum absolute atomic E-state index is 0.525. The molecule has 0 heterocycles. The van der Waals surface area contributed by atoms with Gasteiger partial charge in [-0.1, -0.05) is 36.4 Å². The van der Waals surface area contributed by atoms with Crippen molar-refractivity contribution in [2.75, 3.05) is 6.23 Å². The summed E-state index contributed by atoms with van der Waals surface area (Å²) in [4.78, 5) is 0. The van der Waals surface area contributed by atoms with E-state index in [4.69, 9.17) is 4.74 Å². The third kappa shape index (κ3) is 1.82. The maximum absolute atomic E-state index is 5.69. The number of hydrogen-bond donors (Lipinski definition) is 0. The van der Waals surface area contributed by atoms with Gasteiger partial charge in [-0.25, -0.2) is 0 Å². The molecule has 2 atom stereocenters. The fraction of sp³-hybridized carbons (Fsp3) is 0.333. The van der Waals surface area contributed by atoms with E-state index in [0.717, 1.165) is 17.6 Å². The zero-order chi connectivity index (χ0) is 13.5. The van der Waals surface area contributed by atoms with E-state index in [-0.39, 0.29) is 0 Å². The molecule has 99 valence electrons. The summed E-state index contributed by atoms with van der Waals surface area (Å²) in [6.45, 7) is 0. The first kappa shape index (κ1) is 12.2. The Balaban J connectivity index is 1.89. The Labute approximate surface area is 123 Å². The molecule has 0 spiro atoms. The number of hydrogen-bond acceptors (Lipinski definition) is 1. The lowest BCUT2D eigenvalue weighted by molar-refractivity contribution is 0.392. The Hall–Kier alpha value is -1.54. The van der Waals surface area contributed by atoms with Crippen LogP contribution in [0.3, 0.4) is 0 Å². The van der Waals surface area contributed by atoms with Crippen LogP contribution < -0.4 is 4.74 Å². The minimum Gasteiger partial charge on any atom is -0.497 e. The van der Waals surface area contributed by atoms with E-state index < -0.39 is 0 Å². The second-order valence-corrected chi connectivity index (χ2v) is 6.13. The molecule has 2 heteroatoms. The molecule has 1 nitrogen and oxygen atoms in total. The summed E-state index contributed by atoms with van der Waals surface area (Å²) in [5, 5.41) is 2.54. The highest BCUT2D eigenvalue weighted by Gasteiger charge is 2.33. The van der Waals surface area contributed by atoms with Gasteiger partial charge in [0.1, 0.15) is 5.75 Å². The topological polar surface area (TPSA) is 9.23 Å². The fourth-order valence-corrected chi connectivity index (χ4v) is 4.03. The number of rotatable bonds is 3. The van der Waals surface area contributed by atoms with Gasteiger partial charge in [0.15, 0.2) is 0 Å². The standard InChI is InChI=1S/C18H17OSi/c20-11-19-18-8-7-15(14-3-1-2-4-16(14)18)17-10-12-5-6-13(17)9-12/h1-4,7-8,10,12-13H,5-6,9,11H2. The van der Waals surface area contributed by atoms with Crippen molar-refractivity contribution in [3.8, 4) is 5.75 Å². The van der Waals surface area contributed by atoms with Crippen LogP contribution >= 0.6 is 0 Å². The number of ether oxygens (including phenoxy) is 1.